The van der Waals surface area contributed by atoms with Gasteiger partial charge in [-0.05, 0) is 6.42 Å². The smallest absolute Gasteiger partial charge is 0.255 e. The van der Waals surface area contributed by atoms with Gasteiger partial charge in [0.25, 0.3) is 5.56 Å². The molecule has 0 saturated heterocycles. The predicted octanol–water partition coefficient (Wildman–Crippen LogP) is 1.27. The summed E-state index contributed by atoms with van der Waals surface area (Å²) in [5.74, 6) is 1.63. The standard InChI is InChI=1S/C14H18N4O2/c1-2-3-13-16-12-4-5-18(7-10-6-15-9-20-10)8-11(12)14(19)17-13/h6,9H,2-5,7-8H2,1H3,(H,16,17,19). The molecule has 1 aliphatic heterocycles. The highest BCUT2D eigenvalue weighted by Crippen LogP contribution is 2.16. The van der Waals surface area contributed by atoms with Gasteiger partial charge in [-0.2, -0.15) is 0 Å². The SMILES string of the molecule is CCCc1nc2c(c(=O)[nH]1)CN(Cc1cnco1)CC2. The molecule has 0 fully saturated rings. The van der Waals surface area contributed by atoms with E-state index in [0.717, 1.165) is 48.6 Å². The molecule has 0 unspecified atom stereocenters. The number of H-pyrrole nitrogens is 1. The molecule has 0 radical (unpaired) electrons. The lowest BCUT2D eigenvalue weighted by Crippen LogP contribution is -2.35. The lowest BCUT2D eigenvalue weighted by atomic mass is 10.1. The molecule has 6 nitrogen and oxygen atoms in total. The fraction of sp³-hybridized carbons (Fsp3) is 0.500. The first-order valence-electron chi connectivity index (χ1n) is 6.97. The maximum absolute atomic E-state index is 12.1. The second-order valence-corrected chi connectivity index (χ2v) is 5.12. The minimum atomic E-state index is 0.000667. The Bertz CT molecular complexity index is 633. The van der Waals surface area contributed by atoms with Crippen LogP contribution in [0.25, 0.3) is 0 Å². The fourth-order valence-electron chi connectivity index (χ4n) is 2.56. The molecule has 2 aromatic heterocycles. The summed E-state index contributed by atoms with van der Waals surface area (Å²) in [6.45, 7) is 4.26. The summed E-state index contributed by atoms with van der Waals surface area (Å²) in [5.41, 5.74) is 1.74. The highest BCUT2D eigenvalue weighted by atomic mass is 16.3. The Kier molecular flexibility index (Phi) is 3.64. The summed E-state index contributed by atoms with van der Waals surface area (Å²) in [5, 5.41) is 0. The zero-order valence-corrected chi connectivity index (χ0v) is 11.6. The largest absolute Gasteiger partial charge is 0.447 e. The van der Waals surface area contributed by atoms with Crippen LogP contribution < -0.4 is 5.56 Å². The van der Waals surface area contributed by atoms with Gasteiger partial charge in [-0.3, -0.25) is 9.69 Å². The van der Waals surface area contributed by atoms with Gasteiger partial charge in [0.15, 0.2) is 6.39 Å². The molecule has 0 aromatic carbocycles. The Morgan fingerprint density at radius 2 is 2.40 bits per heavy atom. The van der Waals surface area contributed by atoms with E-state index >= 15 is 0 Å². The summed E-state index contributed by atoms with van der Waals surface area (Å²) in [7, 11) is 0. The minimum absolute atomic E-state index is 0.000667. The Hall–Kier alpha value is -1.95. The summed E-state index contributed by atoms with van der Waals surface area (Å²) < 4.78 is 5.25. The van der Waals surface area contributed by atoms with Crippen molar-refractivity contribution in [3.8, 4) is 0 Å². The number of oxazole rings is 1. The molecular weight excluding hydrogens is 256 g/mol. The lowest BCUT2D eigenvalue weighted by Gasteiger charge is -2.26. The number of rotatable bonds is 4. The molecule has 0 amide bonds. The van der Waals surface area contributed by atoms with Crippen molar-refractivity contribution in [2.24, 2.45) is 0 Å². The van der Waals surface area contributed by atoms with E-state index in [-0.39, 0.29) is 5.56 Å². The van der Waals surface area contributed by atoms with E-state index in [4.69, 9.17) is 4.42 Å². The molecule has 1 aliphatic rings. The molecule has 3 rings (SSSR count). The summed E-state index contributed by atoms with van der Waals surface area (Å²) >= 11 is 0. The van der Waals surface area contributed by atoms with Crippen molar-refractivity contribution in [3.63, 3.8) is 0 Å². The summed E-state index contributed by atoms with van der Waals surface area (Å²) in [6, 6.07) is 0. The van der Waals surface area contributed by atoms with Crippen molar-refractivity contribution in [1.29, 1.82) is 0 Å². The van der Waals surface area contributed by atoms with Crippen molar-refractivity contribution in [2.45, 2.75) is 39.3 Å². The summed E-state index contributed by atoms with van der Waals surface area (Å²) in [4.78, 5) is 25.7. The van der Waals surface area contributed by atoms with E-state index in [2.05, 4.69) is 26.8 Å². The van der Waals surface area contributed by atoms with E-state index in [1.807, 2.05) is 0 Å². The third-order valence-electron chi connectivity index (χ3n) is 3.55. The Morgan fingerprint density at radius 1 is 1.50 bits per heavy atom. The molecule has 0 saturated carbocycles. The first-order chi connectivity index (χ1) is 9.76. The minimum Gasteiger partial charge on any atom is -0.447 e. The Labute approximate surface area is 116 Å². The molecular formula is C14H18N4O2. The van der Waals surface area contributed by atoms with Crippen LogP contribution in [-0.2, 0) is 25.9 Å². The topological polar surface area (TPSA) is 75.0 Å². The van der Waals surface area contributed by atoms with E-state index in [9.17, 15) is 4.79 Å². The van der Waals surface area contributed by atoms with Gasteiger partial charge < -0.3 is 9.40 Å². The van der Waals surface area contributed by atoms with E-state index in [0.29, 0.717) is 13.1 Å². The second-order valence-electron chi connectivity index (χ2n) is 5.12. The summed E-state index contributed by atoms with van der Waals surface area (Å²) in [6.07, 6.45) is 5.76. The van der Waals surface area contributed by atoms with Gasteiger partial charge in [0.05, 0.1) is 24.0 Å². The zero-order valence-electron chi connectivity index (χ0n) is 11.6. The van der Waals surface area contributed by atoms with E-state index in [1.165, 1.54) is 6.39 Å². The van der Waals surface area contributed by atoms with Crippen molar-refractivity contribution in [3.05, 3.63) is 45.8 Å². The Balaban J connectivity index is 1.79. The second kappa shape index (κ2) is 5.58. The maximum Gasteiger partial charge on any atom is 0.255 e. The van der Waals surface area contributed by atoms with Crippen LogP contribution in [0.2, 0.25) is 0 Å². The van der Waals surface area contributed by atoms with E-state index in [1.54, 1.807) is 6.20 Å². The maximum atomic E-state index is 12.1. The van der Waals surface area contributed by atoms with Gasteiger partial charge in [0, 0.05) is 25.9 Å². The van der Waals surface area contributed by atoms with Gasteiger partial charge in [0.1, 0.15) is 11.6 Å². The van der Waals surface area contributed by atoms with Crippen LogP contribution in [-0.4, -0.2) is 26.4 Å². The van der Waals surface area contributed by atoms with Crippen molar-refractivity contribution in [2.75, 3.05) is 6.54 Å². The van der Waals surface area contributed by atoms with Crippen LogP contribution in [0.4, 0.5) is 0 Å². The van der Waals surface area contributed by atoms with Crippen LogP contribution in [0.5, 0.6) is 0 Å². The van der Waals surface area contributed by atoms with Crippen LogP contribution in [0.15, 0.2) is 21.8 Å². The first kappa shape index (κ1) is 13.1. The quantitative estimate of drug-likeness (QED) is 0.908. The lowest BCUT2D eigenvalue weighted by molar-refractivity contribution is 0.222. The molecule has 1 N–H and O–H groups in total. The molecule has 0 bridgehead atoms. The highest BCUT2D eigenvalue weighted by molar-refractivity contribution is 5.21. The highest BCUT2D eigenvalue weighted by Gasteiger charge is 2.21. The van der Waals surface area contributed by atoms with Crippen LogP contribution >= 0.6 is 0 Å². The molecule has 0 atom stereocenters. The molecule has 0 spiro atoms. The number of nitrogens with one attached hydrogen (secondary N) is 1. The van der Waals surface area contributed by atoms with E-state index < -0.39 is 0 Å². The average Bonchev–Trinajstić information content (AvgIpc) is 2.93. The number of hydrogen-bond acceptors (Lipinski definition) is 5. The van der Waals surface area contributed by atoms with Gasteiger partial charge in [-0.15, -0.1) is 0 Å². The number of aryl methyl sites for hydroxylation is 1. The van der Waals surface area contributed by atoms with Gasteiger partial charge in [-0.1, -0.05) is 6.92 Å². The van der Waals surface area contributed by atoms with Gasteiger partial charge >= 0.3 is 0 Å². The monoisotopic (exact) mass is 274 g/mol. The number of fused-ring (bicyclic) bond motifs is 1. The number of aromatic amines is 1. The predicted molar refractivity (Wildman–Crippen MR) is 73.2 cm³/mol. The molecule has 0 aliphatic carbocycles. The molecule has 3 heterocycles. The molecule has 106 valence electrons. The fourth-order valence-corrected chi connectivity index (χ4v) is 2.56. The van der Waals surface area contributed by atoms with Crippen molar-refractivity contribution < 1.29 is 4.42 Å². The average molecular weight is 274 g/mol. The van der Waals surface area contributed by atoms with Crippen LogP contribution in [0.1, 0.15) is 36.2 Å². The number of nitrogens with zero attached hydrogens (tertiary/aromatic N) is 3. The molecule has 6 heteroatoms. The van der Waals surface area contributed by atoms with Gasteiger partial charge in [0.2, 0.25) is 0 Å². The number of aromatic nitrogens is 3. The van der Waals surface area contributed by atoms with Crippen LogP contribution in [0.3, 0.4) is 0 Å². The van der Waals surface area contributed by atoms with Gasteiger partial charge in [-0.25, -0.2) is 9.97 Å². The molecule has 20 heavy (non-hydrogen) atoms. The Morgan fingerprint density at radius 3 is 3.15 bits per heavy atom. The normalized spacial score (nSPS) is 15.2. The zero-order chi connectivity index (χ0) is 13.9. The third-order valence-corrected chi connectivity index (χ3v) is 3.55. The third kappa shape index (κ3) is 2.65. The van der Waals surface area contributed by atoms with Crippen molar-refractivity contribution in [1.82, 2.24) is 19.9 Å². The first-order valence-corrected chi connectivity index (χ1v) is 6.97. The van der Waals surface area contributed by atoms with Crippen LogP contribution in [0, 0.1) is 0 Å². The molecule has 2 aromatic rings. The van der Waals surface area contributed by atoms with Crippen molar-refractivity contribution >= 4 is 0 Å². The number of hydrogen-bond donors (Lipinski definition) is 1.